The summed E-state index contributed by atoms with van der Waals surface area (Å²) in [7, 11) is 0. The summed E-state index contributed by atoms with van der Waals surface area (Å²) >= 11 is 10.6. The molecule has 0 saturated carbocycles. The first-order chi connectivity index (χ1) is 13.5. The molecule has 0 spiro atoms. The van der Waals surface area contributed by atoms with Crippen LogP contribution in [0.25, 0.3) is 10.5 Å². The van der Waals surface area contributed by atoms with Crippen molar-refractivity contribution in [3.05, 3.63) is 84.3 Å². The molecule has 28 heavy (non-hydrogen) atoms. The largest absolute Gasteiger partial charge is 0.303 e. The molecule has 1 aliphatic heterocycles. The van der Waals surface area contributed by atoms with Crippen molar-refractivity contribution in [3.8, 4) is 0 Å². The fourth-order valence-electron chi connectivity index (χ4n) is 3.28. The minimum atomic E-state index is -0.333. The Labute approximate surface area is 175 Å². The zero-order valence-electron chi connectivity index (χ0n) is 14.1. The predicted octanol–water partition coefficient (Wildman–Crippen LogP) is 3.03. The van der Waals surface area contributed by atoms with Gasteiger partial charge in [-0.05, 0) is 35.9 Å². The summed E-state index contributed by atoms with van der Waals surface area (Å²) in [4.78, 5) is 32.4. The number of benzene rings is 2. The van der Waals surface area contributed by atoms with Gasteiger partial charge >= 0.3 is 0 Å². The maximum atomic E-state index is 13.4. The molecule has 6 nitrogen and oxygen atoms in total. The lowest BCUT2D eigenvalue weighted by Gasteiger charge is -2.17. The molecule has 4 aromatic rings. The van der Waals surface area contributed by atoms with Gasteiger partial charge in [0.05, 0.1) is 17.8 Å². The van der Waals surface area contributed by atoms with Gasteiger partial charge < -0.3 is 4.90 Å². The summed E-state index contributed by atoms with van der Waals surface area (Å²) < 4.78 is 2.40. The normalized spacial score (nSPS) is 15.5. The maximum Gasteiger partial charge on any atom is 0.291 e. The Morgan fingerprint density at radius 2 is 1.89 bits per heavy atom. The molecule has 0 unspecified atom stereocenters. The van der Waals surface area contributed by atoms with Crippen LogP contribution in [0.3, 0.4) is 0 Å². The van der Waals surface area contributed by atoms with Crippen LogP contribution in [0.1, 0.15) is 11.1 Å². The Morgan fingerprint density at radius 3 is 2.64 bits per heavy atom. The zero-order valence-corrected chi connectivity index (χ0v) is 17.3. The topological polar surface area (TPSA) is 67.6 Å². The van der Waals surface area contributed by atoms with Crippen molar-refractivity contribution in [2.45, 2.75) is 6.54 Å². The molecule has 0 fully saturated rings. The van der Waals surface area contributed by atoms with E-state index in [2.05, 4.69) is 26.0 Å². The summed E-state index contributed by atoms with van der Waals surface area (Å²) in [5, 5.41) is 4.58. The van der Waals surface area contributed by atoms with E-state index in [4.69, 9.17) is 11.6 Å². The van der Waals surface area contributed by atoms with Crippen LogP contribution in [0.4, 0.5) is 5.69 Å². The lowest BCUT2D eigenvalue weighted by Crippen LogP contribution is -2.32. The van der Waals surface area contributed by atoms with Crippen LogP contribution in [0.5, 0.6) is 0 Å². The van der Waals surface area contributed by atoms with E-state index in [1.54, 1.807) is 17.0 Å². The van der Waals surface area contributed by atoms with Crippen LogP contribution in [0.2, 0.25) is 5.02 Å². The van der Waals surface area contributed by atoms with E-state index in [9.17, 15) is 9.59 Å². The Hall–Kier alpha value is -2.55. The summed E-state index contributed by atoms with van der Waals surface area (Å²) in [6.07, 6.45) is 1.33. The van der Waals surface area contributed by atoms with Crippen molar-refractivity contribution in [2.75, 3.05) is 4.90 Å². The second-order valence-corrected chi connectivity index (χ2v) is 8.57. The summed E-state index contributed by atoms with van der Waals surface area (Å²) in [5.74, 6) is -0.218. The number of thiazole rings is 1. The van der Waals surface area contributed by atoms with Crippen LogP contribution in [0.15, 0.2) is 58.1 Å². The van der Waals surface area contributed by atoms with Crippen LogP contribution in [-0.4, -0.2) is 20.5 Å². The third-order valence-corrected chi connectivity index (χ3v) is 6.34. The summed E-state index contributed by atoms with van der Waals surface area (Å²) in [6.45, 7) is 0.378. The molecule has 1 amide bonds. The SMILES string of the molecule is O=C1C(=c2sc3ncnn3c2=O)c2cc(Br)ccc2N1Cc1ccc(Cl)cc1. The highest BCUT2D eigenvalue weighted by molar-refractivity contribution is 9.10. The third kappa shape index (κ3) is 2.68. The monoisotopic (exact) mass is 472 g/mol. The molecular formula is C19H10BrClN4O2S. The van der Waals surface area contributed by atoms with Crippen molar-refractivity contribution in [1.29, 1.82) is 0 Å². The fourth-order valence-corrected chi connectivity index (χ4v) is 4.74. The summed E-state index contributed by atoms with van der Waals surface area (Å²) in [6, 6.07) is 13.0. The smallest absolute Gasteiger partial charge is 0.291 e. The molecule has 0 aliphatic carbocycles. The van der Waals surface area contributed by atoms with E-state index in [0.29, 0.717) is 26.6 Å². The molecule has 3 heterocycles. The second-order valence-electron chi connectivity index (χ2n) is 6.24. The van der Waals surface area contributed by atoms with E-state index in [-0.39, 0.29) is 11.5 Å². The van der Waals surface area contributed by atoms with Gasteiger partial charge in [0, 0.05) is 15.1 Å². The first kappa shape index (κ1) is 17.5. The molecule has 0 N–H and O–H groups in total. The van der Waals surface area contributed by atoms with Crippen LogP contribution in [-0.2, 0) is 11.3 Å². The number of halogens is 2. The molecule has 0 saturated heterocycles. The van der Waals surface area contributed by atoms with Gasteiger partial charge in [0.15, 0.2) is 0 Å². The molecule has 5 rings (SSSR count). The van der Waals surface area contributed by atoms with Crippen molar-refractivity contribution >= 4 is 61.0 Å². The quantitative estimate of drug-likeness (QED) is 0.449. The first-order valence-corrected chi connectivity index (χ1v) is 10.2. The van der Waals surface area contributed by atoms with E-state index in [1.165, 1.54) is 22.2 Å². The number of fused-ring (bicyclic) bond motifs is 2. The lowest BCUT2D eigenvalue weighted by atomic mass is 10.1. The highest BCUT2D eigenvalue weighted by Gasteiger charge is 2.34. The van der Waals surface area contributed by atoms with Crippen molar-refractivity contribution in [2.24, 2.45) is 0 Å². The van der Waals surface area contributed by atoms with Gasteiger partial charge in [0.2, 0.25) is 4.96 Å². The van der Waals surface area contributed by atoms with Crippen molar-refractivity contribution < 1.29 is 4.79 Å². The fraction of sp³-hybridized carbons (Fsp3) is 0.0526. The van der Waals surface area contributed by atoms with Gasteiger partial charge in [-0.3, -0.25) is 9.59 Å². The number of nitrogens with zero attached hydrogens (tertiary/aromatic N) is 4. The lowest BCUT2D eigenvalue weighted by molar-refractivity contribution is -0.113. The van der Waals surface area contributed by atoms with Gasteiger partial charge in [0.25, 0.3) is 11.5 Å². The summed E-state index contributed by atoms with van der Waals surface area (Å²) in [5.41, 5.74) is 2.47. The molecule has 1 aliphatic rings. The molecule has 9 heteroatoms. The van der Waals surface area contributed by atoms with Gasteiger partial charge in [-0.25, -0.2) is 4.98 Å². The van der Waals surface area contributed by atoms with Crippen LogP contribution >= 0.6 is 38.9 Å². The van der Waals surface area contributed by atoms with Crippen LogP contribution < -0.4 is 15.0 Å². The third-order valence-electron chi connectivity index (χ3n) is 4.56. The Balaban J connectivity index is 1.73. The number of anilines is 1. The predicted molar refractivity (Wildman–Crippen MR) is 112 cm³/mol. The highest BCUT2D eigenvalue weighted by atomic mass is 79.9. The van der Waals surface area contributed by atoms with E-state index < -0.39 is 0 Å². The number of aromatic nitrogens is 3. The molecule has 138 valence electrons. The Bertz CT molecular complexity index is 1360. The van der Waals surface area contributed by atoms with E-state index in [1.807, 2.05) is 30.3 Å². The minimum absolute atomic E-state index is 0.218. The van der Waals surface area contributed by atoms with Crippen molar-refractivity contribution in [1.82, 2.24) is 14.6 Å². The average molecular weight is 474 g/mol. The van der Waals surface area contributed by atoms with Gasteiger partial charge in [-0.2, -0.15) is 9.61 Å². The number of rotatable bonds is 2. The number of carbonyl (C=O) groups excluding carboxylic acids is 1. The van der Waals surface area contributed by atoms with Crippen molar-refractivity contribution in [3.63, 3.8) is 0 Å². The Morgan fingerprint density at radius 1 is 1.11 bits per heavy atom. The van der Waals surface area contributed by atoms with E-state index in [0.717, 1.165) is 21.3 Å². The van der Waals surface area contributed by atoms with Crippen LogP contribution in [0, 0.1) is 0 Å². The first-order valence-electron chi connectivity index (χ1n) is 8.26. The maximum absolute atomic E-state index is 13.4. The van der Waals surface area contributed by atoms with Gasteiger partial charge in [-0.1, -0.05) is 51.0 Å². The number of carbonyl (C=O) groups is 1. The molecular weight excluding hydrogens is 464 g/mol. The number of hydrogen-bond acceptors (Lipinski definition) is 5. The minimum Gasteiger partial charge on any atom is -0.303 e. The average Bonchev–Trinajstić information content (AvgIpc) is 3.32. The molecule has 2 aromatic carbocycles. The van der Waals surface area contributed by atoms with Gasteiger partial charge in [0.1, 0.15) is 10.9 Å². The molecule has 0 bridgehead atoms. The van der Waals surface area contributed by atoms with E-state index >= 15 is 0 Å². The molecule has 0 atom stereocenters. The standard InChI is InChI=1S/C19H10BrClN4O2S/c20-11-3-6-14-13(7-11)15(16-18(27)25-19(28-16)22-9-23-25)17(26)24(14)8-10-1-4-12(21)5-2-10/h1-7,9H,8H2. The Kier molecular flexibility index (Phi) is 4.08. The zero-order chi connectivity index (χ0) is 19.4. The molecule has 2 aromatic heterocycles. The number of amides is 1. The second kappa shape index (κ2) is 6.51. The highest BCUT2D eigenvalue weighted by Crippen LogP contribution is 2.38. The number of hydrogen-bond donors (Lipinski definition) is 0. The van der Waals surface area contributed by atoms with Gasteiger partial charge in [-0.15, -0.1) is 0 Å². The molecule has 0 radical (unpaired) electrons.